The zero-order chi connectivity index (χ0) is 30.2. The van der Waals surface area contributed by atoms with E-state index in [2.05, 4.69) is 58.6 Å². The van der Waals surface area contributed by atoms with Gasteiger partial charge >= 0.3 is 0 Å². The van der Waals surface area contributed by atoms with Crippen LogP contribution in [0.25, 0.3) is 0 Å². The van der Waals surface area contributed by atoms with Gasteiger partial charge in [-0.2, -0.15) is 5.10 Å². The number of nitrogens with one attached hydrogen (secondary N) is 2. The highest BCUT2D eigenvalue weighted by atomic mass is 16.3. The van der Waals surface area contributed by atoms with Gasteiger partial charge in [0.15, 0.2) is 0 Å². The van der Waals surface area contributed by atoms with Gasteiger partial charge in [-0.15, -0.1) is 0 Å². The van der Waals surface area contributed by atoms with Crippen LogP contribution in [-0.4, -0.2) is 58.5 Å². The second-order valence-electron chi connectivity index (χ2n) is 10.4. The Morgan fingerprint density at radius 1 is 1.12 bits per heavy atom. The van der Waals surface area contributed by atoms with E-state index in [0.29, 0.717) is 23.7 Å². The smallest absolute Gasteiger partial charge is 0.251 e. The van der Waals surface area contributed by atoms with Gasteiger partial charge in [-0.05, 0) is 72.3 Å². The Balaban J connectivity index is 0.000000209. The number of oxazole rings is 1. The molecule has 1 atom stereocenters. The summed E-state index contributed by atoms with van der Waals surface area (Å²) in [5.41, 5.74) is 4.47. The first-order valence-corrected chi connectivity index (χ1v) is 14.6. The highest BCUT2D eigenvalue weighted by Gasteiger charge is 2.26. The second kappa shape index (κ2) is 17.7. The van der Waals surface area contributed by atoms with E-state index >= 15 is 0 Å². The Kier molecular flexibility index (Phi) is 13.6. The average molecular weight is 573 g/mol. The number of amides is 1. The Morgan fingerprint density at radius 2 is 1.93 bits per heavy atom. The number of carbonyl (C=O) groups excluding carboxylic acids is 2. The zero-order valence-electron chi connectivity index (χ0n) is 25.3. The van der Waals surface area contributed by atoms with Crippen LogP contribution in [0.4, 0.5) is 0 Å². The molecule has 3 heterocycles. The maximum absolute atomic E-state index is 11.9. The largest absolute Gasteiger partial charge is 0.447 e. The van der Waals surface area contributed by atoms with Crippen molar-refractivity contribution in [3.05, 3.63) is 107 Å². The van der Waals surface area contributed by atoms with E-state index in [9.17, 15) is 9.59 Å². The van der Waals surface area contributed by atoms with Crippen molar-refractivity contribution >= 4 is 12.2 Å². The minimum Gasteiger partial charge on any atom is -0.447 e. The molecule has 1 amide bonds. The lowest BCUT2D eigenvalue weighted by Gasteiger charge is -2.14. The fraction of sp³-hybridized carbons (Fsp3) is 0.394. The molecule has 0 radical (unpaired) electrons. The fourth-order valence-corrected chi connectivity index (χ4v) is 4.46. The Hall–Kier alpha value is -4.08. The molecule has 0 bridgehead atoms. The molecule has 2 aromatic heterocycles. The van der Waals surface area contributed by atoms with Gasteiger partial charge in [0.2, 0.25) is 5.89 Å². The molecule has 1 aliphatic rings. The number of nitrogens with zero attached hydrogens (tertiary/aromatic N) is 4. The van der Waals surface area contributed by atoms with E-state index < -0.39 is 0 Å². The number of benzene rings is 2. The van der Waals surface area contributed by atoms with Crippen molar-refractivity contribution in [3.63, 3.8) is 0 Å². The number of aldehydes is 1. The minimum atomic E-state index is -0.155. The van der Waals surface area contributed by atoms with Crippen molar-refractivity contribution in [1.29, 1.82) is 0 Å². The molecule has 4 aromatic rings. The van der Waals surface area contributed by atoms with Crippen molar-refractivity contribution in [3.8, 4) is 0 Å². The molecule has 224 valence electrons. The van der Waals surface area contributed by atoms with Crippen LogP contribution in [0.15, 0.2) is 77.7 Å². The normalized spacial score (nSPS) is 14.3. The maximum Gasteiger partial charge on any atom is 0.251 e. The second-order valence-corrected chi connectivity index (χ2v) is 10.4. The molecular formula is C33H44N6O3. The lowest BCUT2D eigenvalue weighted by atomic mass is 10.1. The first-order valence-electron chi connectivity index (χ1n) is 14.6. The molecule has 0 spiro atoms. The average Bonchev–Trinajstić information content (AvgIpc) is 3.77. The third-order valence-corrected chi connectivity index (χ3v) is 6.82. The van der Waals surface area contributed by atoms with Crippen LogP contribution in [0, 0.1) is 13.8 Å². The summed E-state index contributed by atoms with van der Waals surface area (Å²) >= 11 is 0. The van der Waals surface area contributed by atoms with Crippen LogP contribution in [0.1, 0.15) is 75.7 Å². The van der Waals surface area contributed by atoms with E-state index in [1.54, 1.807) is 30.5 Å². The van der Waals surface area contributed by atoms with Crippen molar-refractivity contribution in [2.24, 2.45) is 0 Å². The standard InChI is InChI=1S/C17H22N4O2.C9H14N2O.C7H8/c1-2-21-12-15(11-20-21)10-18-7-4-8-19-17(23)16-6-3-5-14(9-16)13-22;1-7-6-12-9(10-7)8-4-3-5-11(8)2;1-7-5-3-2-4-6-7/h3,5-6,9,11-13,18H,2,4,7-8,10H2,1H3,(H,19,23);6,8H,3-5H2,1-2H3;2-6H,1H3. The van der Waals surface area contributed by atoms with Gasteiger partial charge in [0, 0.05) is 42.5 Å². The number of hydrogen-bond donors (Lipinski definition) is 2. The molecule has 5 rings (SSSR count). The minimum absolute atomic E-state index is 0.155. The number of rotatable bonds is 10. The molecule has 1 unspecified atom stereocenters. The molecule has 0 aliphatic carbocycles. The summed E-state index contributed by atoms with van der Waals surface area (Å²) in [6.45, 7) is 10.3. The van der Waals surface area contributed by atoms with Crippen molar-refractivity contribution in [2.45, 2.75) is 59.2 Å². The highest BCUT2D eigenvalue weighted by molar-refractivity contribution is 5.95. The quantitative estimate of drug-likeness (QED) is 0.194. The van der Waals surface area contributed by atoms with E-state index in [-0.39, 0.29) is 5.91 Å². The lowest BCUT2D eigenvalue weighted by Crippen LogP contribution is -2.27. The van der Waals surface area contributed by atoms with E-state index in [4.69, 9.17) is 4.42 Å². The van der Waals surface area contributed by atoms with Crippen LogP contribution in [0.5, 0.6) is 0 Å². The Morgan fingerprint density at radius 3 is 2.52 bits per heavy atom. The van der Waals surface area contributed by atoms with Crippen LogP contribution >= 0.6 is 0 Å². The SMILES string of the molecule is CCn1cc(CNCCCNC(=O)c2cccc(C=O)c2)cn1.Cc1ccccc1.Cc1coc(C2CCCN2C)n1. The van der Waals surface area contributed by atoms with Gasteiger partial charge in [-0.25, -0.2) is 4.98 Å². The number of likely N-dealkylation sites (tertiary alicyclic amines) is 1. The zero-order valence-corrected chi connectivity index (χ0v) is 25.3. The fourth-order valence-electron chi connectivity index (χ4n) is 4.46. The van der Waals surface area contributed by atoms with E-state index in [1.165, 1.54) is 18.4 Å². The van der Waals surface area contributed by atoms with Gasteiger partial charge < -0.3 is 15.1 Å². The van der Waals surface area contributed by atoms with Gasteiger partial charge in [0.1, 0.15) is 12.5 Å². The molecule has 2 N–H and O–H groups in total. The van der Waals surface area contributed by atoms with Gasteiger partial charge in [-0.1, -0.05) is 48.0 Å². The van der Waals surface area contributed by atoms with Crippen LogP contribution in [0.2, 0.25) is 0 Å². The Labute approximate surface area is 249 Å². The van der Waals surface area contributed by atoms with E-state index in [1.807, 2.05) is 42.2 Å². The third-order valence-electron chi connectivity index (χ3n) is 6.82. The lowest BCUT2D eigenvalue weighted by molar-refractivity contribution is 0.0953. The summed E-state index contributed by atoms with van der Waals surface area (Å²) in [6.07, 6.45) is 9.61. The monoisotopic (exact) mass is 572 g/mol. The molecule has 1 saturated heterocycles. The predicted octanol–water partition coefficient (Wildman–Crippen LogP) is 5.37. The summed E-state index contributed by atoms with van der Waals surface area (Å²) in [4.78, 5) is 29.3. The number of carbonyl (C=O) groups is 2. The van der Waals surface area contributed by atoms with E-state index in [0.717, 1.165) is 56.0 Å². The highest BCUT2D eigenvalue weighted by Crippen LogP contribution is 2.29. The molecule has 1 fully saturated rings. The summed E-state index contributed by atoms with van der Waals surface area (Å²) in [5.74, 6) is 0.727. The van der Waals surface area contributed by atoms with Gasteiger partial charge in [-0.3, -0.25) is 19.2 Å². The van der Waals surface area contributed by atoms with Gasteiger partial charge in [0.25, 0.3) is 5.91 Å². The topological polar surface area (TPSA) is 105 Å². The molecule has 42 heavy (non-hydrogen) atoms. The number of hydrogen-bond acceptors (Lipinski definition) is 7. The molecule has 0 saturated carbocycles. The molecule has 1 aliphatic heterocycles. The molecular weight excluding hydrogens is 528 g/mol. The van der Waals surface area contributed by atoms with Crippen LogP contribution in [-0.2, 0) is 13.1 Å². The summed E-state index contributed by atoms with van der Waals surface area (Å²) in [5, 5.41) is 10.4. The first-order chi connectivity index (χ1) is 20.4. The Bertz CT molecular complexity index is 1350. The van der Waals surface area contributed by atoms with Crippen molar-refractivity contribution in [2.75, 3.05) is 26.7 Å². The predicted molar refractivity (Wildman–Crippen MR) is 165 cm³/mol. The number of aryl methyl sites for hydroxylation is 3. The molecule has 2 aromatic carbocycles. The summed E-state index contributed by atoms with van der Waals surface area (Å²) in [6, 6.07) is 17.3. The van der Waals surface area contributed by atoms with Crippen LogP contribution < -0.4 is 10.6 Å². The summed E-state index contributed by atoms with van der Waals surface area (Å²) in [7, 11) is 2.12. The van der Waals surface area contributed by atoms with Crippen molar-refractivity contribution in [1.82, 2.24) is 30.3 Å². The van der Waals surface area contributed by atoms with Crippen molar-refractivity contribution < 1.29 is 14.0 Å². The third kappa shape index (κ3) is 11.1. The maximum atomic E-state index is 11.9. The van der Waals surface area contributed by atoms with Crippen LogP contribution in [0.3, 0.4) is 0 Å². The molecule has 9 heteroatoms. The first kappa shape index (κ1) is 32.4. The molecule has 9 nitrogen and oxygen atoms in total. The summed E-state index contributed by atoms with van der Waals surface area (Å²) < 4.78 is 7.26. The van der Waals surface area contributed by atoms with Gasteiger partial charge in [0.05, 0.1) is 17.9 Å². The number of aromatic nitrogens is 3.